The third-order valence-corrected chi connectivity index (χ3v) is 4.53. The number of carbonyl (C=O) groups excluding carboxylic acids is 1. The molecule has 1 saturated heterocycles. The van der Waals surface area contributed by atoms with Crippen molar-refractivity contribution < 1.29 is 4.79 Å². The van der Waals surface area contributed by atoms with Gasteiger partial charge in [0, 0.05) is 25.5 Å². The highest BCUT2D eigenvalue weighted by molar-refractivity contribution is 5.77. The van der Waals surface area contributed by atoms with E-state index in [0.717, 1.165) is 22.3 Å². The maximum absolute atomic E-state index is 12.3. The van der Waals surface area contributed by atoms with Crippen LogP contribution in [0.2, 0.25) is 0 Å². The van der Waals surface area contributed by atoms with Crippen LogP contribution < -0.4 is 5.32 Å². The van der Waals surface area contributed by atoms with Crippen LogP contribution in [0.5, 0.6) is 0 Å². The lowest BCUT2D eigenvalue weighted by Gasteiger charge is -2.15. The number of hydrogen-bond acceptors (Lipinski definition) is 2. The van der Waals surface area contributed by atoms with E-state index in [-0.39, 0.29) is 12.1 Å². The van der Waals surface area contributed by atoms with Crippen LogP contribution in [0.25, 0.3) is 11.1 Å². The van der Waals surface area contributed by atoms with Crippen molar-refractivity contribution in [2.75, 3.05) is 6.54 Å². The van der Waals surface area contributed by atoms with Crippen LogP contribution in [0, 0.1) is 0 Å². The summed E-state index contributed by atoms with van der Waals surface area (Å²) < 4.78 is 0. The number of aromatic nitrogens is 1. The third kappa shape index (κ3) is 3.38. The van der Waals surface area contributed by atoms with Crippen molar-refractivity contribution in [2.24, 2.45) is 0 Å². The molecule has 4 heteroatoms. The summed E-state index contributed by atoms with van der Waals surface area (Å²) in [7, 11) is 0. The first-order valence-electron chi connectivity index (χ1n) is 8.39. The summed E-state index contributed by atoms with van der Waals surface area (Å²) in [5.74, 6) is 0. The Kier molecular flexibility index (Phi) is 4.17. The molecule has 0 radical (unpaired) electrons. The third-order valence-electron chi connectivity index (χ3n) is 4.53. The number of urea groups is 1. The SMILES string of the molecule is O=C1N[C@@H](c2ccccc2)CN1Cc1ccc(-c2ccncc2)cc1. The maximum atomic E-state index is 12.3. The number of benzene rings is 2. The lowest BCUT2D eigenvalue weighted by atomic mass is 10.0. The Morgan fingerprint density at radius 2 is 1.60 bits per heavy atom. The molecule has 1 atom stereocenters. The smallest absolute Gasteiger partial charge is 0.318 e. The maximum Gasteiger partial charge on any atom is 0.318 e. The molecule has 0 spiro atoms. The monoisotopic (exact) mass is 329 g/mol. The van der Waals surface area contributed by atoms with E-state index < -0.39 is 0 Å². The number of nitrogens with zero attached hydrogens (tertiary/aromatic N) is 2. The summed E-state index contributed by atoms with van der Waals surface area (Å²) in [6.07, 6.45) is 3.59. The lowest BCUT2D eigenvalue weighted by molar-refractivity contribution is 0.215. The lowest BCUT2D eigenvalue weighted by Crippen LogP contribution is -2.27. The van der Waals surface area contributed by atoms with Gasteiger partial charge in [-0.1, -0.05) is 54.6 Å². The Hall–Kier alpha value is -3.14. The van der Waals surface area contributed by atoms with Crippen LogP contribution >= 0.6 is 0 Å². The second-order valence-electron chi connectivity index (χ2n) is 6.23. The summed E-state index contributed by atoms with van der Waals surface area (Å²) in [6, 6.07) is 22.5. The predicted octanol–water partition coefficient (Wildman–Crippen LogP) is 4.02. The van der Waals surface area contributed by atoms with Gasteiger partial charge in [0.2, 0.25) is 0 Å². The molecule has 3 aromatic rings. The summed E-state index contributed by atoms with van der Waals surface area (Å²) in [6.45, 7) is 1.31. The van der Waals surface area contributed by atoms with Gasteiger partial charge >= 0.3 is 6.03 Å². The van der Waals surface area contributed by atoms with Gasteiger partial charge in [-0.2, -0.15) is 0 Å². The average Bonchev–Trinajstić information content (AvgIpc) is 3.04. The minimum Gasteiger partial charge on any atom is -0.329 e. The first-order valence-corrected chi connectivity index (χ1v) is 8.39. The molecule has 0 bridgehead atoms. The molecular formula is C21H19N3O. The summed E-state index contributed by atoms with van der Waals surface area (Å²) in [5.41, 5.74) is 4.57. The van der Waals surface area contributed by atoms with Gasteiger partial charge in [-0.05, 0) is 34.4 Å². The second-order valence-corrected chi connectivity index (χ2v) is 6.23. The largest absolute Gasteiger partial charge is 0.329 e. The van der Waals surface area contributed by atoms with E-state index in [4.69, 9.17) is 0 Å². The first kappa shape index (κ1) is 15.4. The highest BCUT2D eigenvalue weighted by atomic mass is 16.2. The van der Waals surface area contributed by atoms with Crippen molar-refractivity contribution in [1.82, 2.24) is 15.2 Å². The molecule has 1 aliphatic heterocycles. The van der Waals surface area contributed by atoms with Crippen LogP contribution in [0.15, 0.2) is 79.1 Å². The van der Waals surface area contributed by atoms with Gasteiger partial charge in [0.05, 0.1) is 6.04 Å². The zero-order chi connectivity index (χ0) is 17.1. The molecule has 1 aliphatic rings. The van der Waals surface area contributed by atoms with E-state index in [1.807, 2.05) is 35.2 Å². The zero-order valence-corrected chi connectivity index (χ0v) is 13.8. The van der Waals surface area contributed by atoms with Gasteiger partial charge in [0.15, 0.2) is 0 Å². The summed E-state index contributed by atoms with van der Waals surface area (Å²) in [5, 5.41) is 3.06. The van der Waals surface area contributed by atoms with Gasteiger partial charge in [-0.3, -0.25) is 4.98 Å². The number of amides is 2. The zero-order valence-electron chi connectivity index (χ0n) is 13.8. The number of rotatable bonds is 4. The number of hydrogen-bond donors (Lipinski definition) is 1. The molecule has 25 heavy (non-hydrogen) atoms. The average molecular weight is 329 g/mol. The molecule has 124 valence electrons. The van der Waals surface area contributed by atoms with Crippen molar-refractivity contribution in [3.05, 3.63) is 90.3 Å². The summed E-state index contributed by atoms with van der Waals surface area (Å²) >= 11 is 0. The van der Waals surface area contributed by atoms with Gasteiger partial charge in [0.1, 0.15) is 0 Å². The predicted molar refractivity (Wildman–Crippen MR) is 97.8 cm³/mol. The Morgan fingerprint density at radius 3 is 2.32 bits per heavy atom. The Labute approximate surface area is 147 Å². The fraction of sp³-hybridized carbons (Fsp3) is 0.143. The second kappa shape index (κ2) is 6.77. The standard InChI is InChI=1S/C21H19N3O/c25-21-23-20(19-4-2-1-3-5-19)15-24(21)14-16-6-8-17(9-7-16)18-10-12-22-13-11-18/h1-13,20H,14-15H2,(H,23,25)/t20-/m1/s1. The highest BCUT2D eigenvalue weighted by Crippen LogP contribution is 2.23. The van der Waals surface area contributed by atoms with Crippen molar-refractivity contribution in [2.45, 2.75) is 12.6 Å². The van der Waals surface area contributed by atoms with E-state index in [9.17, 15) is 4.79 Å². The fourth-order valence-electron chi connectivity index (χ4n) is 3.17. The van der Waals surface area contributed by atoms with E-state index in [0.29, 0.717) is 13.1 Å². The molecule has 0 unspecified atom stereocenters. The first-order chi connectivity index (χ1) is 12.3. The number of carbonyl (C=O) groups is 1. The molecule has 1 N–H and O–H groups in total. The topological polar surface area (TPSA) is 45.2 Å². The Balaban J connectivity index is 1.45. The molecule has 4 rings (SSSR count). The van der Waals surface area contributed by atoms with Crippen molar-refractivity contribution in [3.63, 3.8) is 0 Å². The highest BCUT2D eigenvalue weighted by Gasteiger charge is 2.29. The minimum atomic E-state index is -0.00735. The normalized spacial score (nSPS) is 16.7. The molecule has 1 fully saturated rings. The quantitative estimate of drug-likeness (QED) is 0.786. The van der Waals surface area contributed by atoms with Gasteiger partial charge in [0.25, 0.3) is 0 Å². The molecule has 4 nitrogen and oxygen atoms in total. The van der Waals surface area contributed by atoms with Gasteiger partial charge in [-0.15, -0.1) is 0 Å². The van der Waals surface area contributed by atoms with Crippen molar-refractivity contribution in [3.8, 4) is 11.1 Å². The van der Waals surface area contributed by atoms with Gasteiger partial charge in [-0.25, -0.2) is 4.79 Å². The Bertz CT molecular complexity index is 847. The molecular weight excluding hydrogens is 310 g/mol. The summed E-state index contributed by atoms with van der Waals surface area (Å²) in [4.78, 5) is 18.2. The molecule has 2 aromatic carbocycles. The van der Waals surface area contributed by atoms with Crippen molar-refractivity contribution in [1.29, 1.82) is 0 Å². The van der Waals surface area contributed by atoms with Crippen LogP contribution in [-0.4, -0.2) is 22.5 Å². The van der Waals surface area contributed by atoms with E-state index in [2.05, 4.69) is 46.7 Å². The van der Waals surface area contributed by atoms with E-state index in [1.165, 1.54) is 0 Å². The van der Waals surface area contributed by atoms with Crippen LogP contribution in [0.3, 0.4) is 0 Å². The molecule has 0 aliphatic carbocycles. The number of pyridine rings is 1. The van der Waals surface area contributed by atoms with Crippen LogP contribution in [0.4, 0.5) is 4.79 Å². The van der Waals surface area contributed by atoms with Crippen molar-refractivity contribution >= 4 is 6.03 Å². The molecule has 0 saturated carbocycles. The molecule has 1 aromatic heterocycles. The van der Waals surface area contributed by atoms with E-state index in [1.54, 1.807) is 12.4 Å². The Morgan fingerprint density at radius 1 is 0.920 bits per heavy atom. The van der Waals surface area contributed by atoms with Crippen LogP contribution in [0.1, 0.15) is 17.2 Å². The minimum absolute atomic E-state index is 0.00735. The number of nitrogens with one attached hydrogen (secondary N) is 1. The van der Waals surface area contributed by atoms with Crippen LogP contribution in [-0.2, 0) is 6.54 Å². The molecule has 2 heterocycles. The van der Waals surface area contributed by atoms with Gasteiger partial charge < -0.3 is 10.2 Å². The van der Waals surface area contributed by atoms with E-state index >= 15 is 0 Å². The fourth-order valence-corrected chi connectivity index (χ4v) is 3.17. The molecule has 2 amide bonds.